The normalized spacial score (nSPS) is 20.8. The molecular formula is C22H29N3O2. The summed E-state index contributed by atoms with van der Waals surface area (Å²) in [6.45, 7) is 4.84. The van der Waals surface area contributed by atoms with Crippen LogP contribution in [0.4, 0.5) is 0 Å². The summed E-state index contributed by atoms with van der Waals surface area (Å²) in [7, 11) is 1.93. The molecule has 1 fully saturated rings. The third-order valence-corrected chi connectivity index (χ3v) is 5.15. The van der Waals surface area contributed by atoms with Crippen molar-refractivity contribution in [3.63, 3.8) is 0 Å². The van der Waals surface area contributed by atoms with E-state index in [0.29, 0.717) is 13.0 Å². The van der Waals surface area contributed by atoms with Crippen molar-refractivity contribution < 1.29 is 9.53 Å². The van der Waals surface area contributed by atoms with E-state index >= 15 is 0 Å². The van der Waals surface area contributed by atoms with E-state index in [1.54, 1.807) is 0 Å². The van der Waals surface area contributed by atoms with Gasteiger partial charge in [0.15, 0.2) is 0 Å². The molecule has 27 heavy (non-hydrogen) atoms. The van der Waals surface area contributed by atoms with E-state index < -0.39 is 5.41 Å². The fourth-order valence-electron chi connectivity index (χ4n) is 3.86. The van der Waals surface area contributed by atoms with Gasteiger partial charge in [0.05, 0.1) is 18.2 Å². The molecule has 1 atom stereocenters. The predicted octanol–water partition coefficient (Wildman–Crippen LogP) is 3.67. The first-order valence-electron chi connectivity index (χ1n) is 9.70. The quantitative estimate of drug-likeness (QED) is 0.701. The number of nitrogens with zero attached hydrogens (tertiary/aromatic N) is 3. The Morgan fingerprint density at radius 3 is 2.85 bits per heavy atom. The van der Waals surface area contributed by atoms with Crippen LogP contribution in [0.5, 0.6) is 0 Å². The minimum absolute atomic E-state index is 0.0707. The van der Waals surface area contributed by atoms with Gasteiger partial charge < -0.3 is 4.74 Å². The number of likely N-dealkylation sites (tertiary alicyclic amines) is 1. The van der Waals surface area contributed by atoms with Crippen LogP contribution in [0.1, 0.15) is 37.3 Å². The summed E-state index contributed by atoms with van der Waals surface area (Å²) < 4.78 is 7.29. The molecule has 0 saturated carbocycles. The van der Waals surface area contributed by atoms with Crippen molar-refractivity contribution in [1.82, 2.24) is 14.7 Å². The van der Waals surface area contributed by atoms with Gasteiger partial charge >= 0.3 is 5.97 Å². The maximum Gasteiger partial charge on any atom is 0.313 e. The van der Waals surface area contributed by atoms with Gasteiger partial charge in [-0.3, -0.25) is 14.4 Å². The zero-order valence-corrected chi connectivity index (χ0v) is 16.3. The highest BCUT2D eigenvalue weighted by Gasteiger charge is 2.42. The van der Waals surface area contributed by atoms with Crippen LogP contribution in [-0.4, -0.2) is 40.3 Å². The van der Waals surface area contributed by atoms with Crippen LogP contribution in [0.3, 0.4) is 0 Å². The highest BCUT2D eigenvalue weighted by atomic mass is 16.5. The first-order valence-corrected chi connectivity index (χ1v) is 9.70. The summed E-state index contributed by atoms with van der Waals surface area (Å²) in [5.74, 6) is -0.0707. The molecule has 0 aliphatic carbocycles. The molecule has 1 aromatic heterocycles. The molecule has 0 bridgehead atoms. The van der Waals surface area contributed by atoms with Gasteiger partial charge in [0.2, 0.25) is 0 Å². The number of rotatable bonds is 7. The first kappa shape index (κ1) is 19.4. The Kier molecular flexibility index (Phi) is 6.45. The van der Waals surface area contributed by atoms with E-state index in [9.17, 15) is 4.79 Å². The number of hydrogen-bond donors (Lipinski definition) is 0. The smallest absolute Gasteiger partial charge is 0.313 e. The number of hydrogen-bond acceptors (Lipinski definition) is 4. The topological polar surface area (TPSA) is 47.4 Å². The second-order valence-corrected chi connectivity index (χ2v) is 7.35. The van der Waals surface area contributed by atoms with Crippen molar-refractivity contribution in [3.05, 3.63) is 59.9 Å². The van der Waals surface area contributed by atoms with E-state index in [2.05, 4.69) is 34.3 Å². The number of aryl methyl sites for hydroxylation is 1. The minimum Gasteiger partial charge on any atom is -0.466 e. The van der Waals surface area contributed by atoms with Crippen molar-refractivity contribution in [3.8, 4) is 0 Å². The van der Waals surface area contributed by atoms with Crippen molar-refractivity contribution in [2.75, 3.05) is 19.7 Å². The van der Waals surface area contributed by atoms with Crippen molar-refractivity contribution >= 4 is 12.0 Å². The van der Waals surface area contributed by atoms with Gasteiger partial charge in [0.1, 0.15) is 0 Å². The van der Waals surface area contributed by atoms with Crippen molar-refractivity contribution in [2.24, 2.45) is 12.5 Å². The summed E-state index contributed by atoms with van der Waals surface area (Å²) >= 11 is 0. The number of aromatic nitrogens is 2. The van der Waals surface area contributed by atoms with E-state index in [4.69, 9.17) is 4.74 Å². The number of piperidine rings is 1. The van der Waals surface area contributed by atoms with Crippen LogP contribution in [0.25, 0.3) is 6.08 Å². The lowest BCUT2D eigenvalue weighted by Crippen LogP contribution is -2.48. The molecule has 5 heteroatoms. The number of carbonyl (C=O) groups is 1. The molecule has 0 amide bonds. The van der Waals surface area contributed by atoms with Crippen LogP contribution in [0.2, 0.25) is 0 Å². The molecule has 0 spiro atoms. The first-order chi connectivity index (χ1) is 13.1. The molecular weight excluding hydrogens is 338 g/mol. The molecule has 3 rings (SSSR count). The second-order valence-electron chi connectivity index (χ2n) is 7.35. The molecule has 2 aromatic rings. The van der Waals surface area contributed by atoms with E-state index in [0.717, 1.165) is 38.0 Å². The molecule has 144 valence electrons. The Balaban J connectivity index is 1.73. The Labute approximate surface area is 161 Å². The summed E-state index contributed by atoms with van der Waals surface area (Å²) in [5, 5.41) is 4.25. The van der Waals surface area contributed by atoms with E-state index in [1.807, 2.05) is 49.2 Å². The third-order valence-electron chi connectivity index (χ3n) is 5.15. The van der Waals surface area contributed by atoms with E-state index in [-0.39, 0.29) is 5.97 Å². The molecule has 2 heterocycles. The summed E-state index contributed by atoms with van der Waals surface area (Å²) in [4.78, 5) is 15.2. The highest BCUT2D eigenvalue weighted by Crippen LogP contribution is 2.36. The van der Waals surface area contributed by atoms with Gasteiger partial charge in [-0.15, -0.1) is 0 Å². The number of ether oxygens (including phenoxy) is 1. The molecule has 0 unspecified atom stereocenters. The van der Waals surface area contributed by atoms with Crippen LogP contribution >= 0.6 is 0 Å². The molecule has 0 radical (unpaired) electrons. The van der Waals surface area contributed by atoms with Crippen LogP contribution < -0.4 is 0 Å². The Hall–Kier alpha value is -2.40. The predicted molar refractivity (Wildman–Crippen MR) is 107 cm³/mol. The van der Waals surface area contributed by atoms with Crippen molar-refractivity contribution in [1.29, 1.82) is 0 Å². The minimum atomic E-state index is -0.470. The largest absolute Gasteiger partial charge is 0.466 e. The average molecular weight is 367 g/mol. The fraction of sp³-hybridized carbons (Fsp3) is 0.455. The lowest BCUT2D eigenvalue weighted by molar-refractivity contribution is -0.159. The third kappa shape index (κ3) is 5.07. The van der Waals surface area contributed by atoms with Gasteiger partial charge in [-0.25, -0.2) is 0 Å². The average Bonchev–Trinajstić information content (AvgIpc) is 3.08. The Morgan fingerprint density at radius 2 is 2.15 bits per heavy atom. The summed E-state index contributed by atoms with van der Waals surface area (Å²) in [6.07, 6.45) is 10.7. The molecule has 1 aromatic carbocycles. The van der Waals surface area contributed by atoms with Crippen LogP contribution in [0, 0.1) is 5.41 Å². The van der Waals surface area contributed by atoms with E-state index in [1.165, 1.54) is 5.56 Å². The Morgan fingerprint density at radius 1 is 1.33 bits per heavy atom. The maximum absolute atomic E-state index is 12.9. The number of allylic oxidation sites excluding steroid dienone is 1. The SMILES string of the molecule is CCOC(=O)[C@@]1(C/C=C/c2ccccc2)CCCN(Cc2cnn(C)c2)C1. The van der Waals surface area contributed by atoms with Crippen molar-refractivity contribution in [2.45, 2.75) is 32.7 Å². The molecule has 1 aliphatic heterocycles. The number of esters is 1. The number of carbonyl (C=O) groups excluding carboxylic acids is 1. The van der Waals surface area contributed by atoms with Gasteiger partial charge in [0, 0.05) is 31.9 Å². The molecule has 0 N–H and O–H groups in total. The maximum atomic E-state index is 12.9. The fourth-order valence-corrected chi connectivity index (χ4v) is 3.86. The van der Waals surface area contributed by atoms with Gasteiger partial charge in [-0.05, 0) is 38.3 Å². The molecule has 5 nitrogen and oxygen atoms in total. The zero-order chi connectivity index (χ0) is 19.1. The monoisotopic (exact) mass is 367 g/mol. The van der Waals surface area contributed by atoms with Gasteiger partial charge in [-0.1, -0.05) is 42.5 Å². The molecule has 1 aliphatic rings. The zero-order valence-electron chi connectivity index (χ0n) is 16.3. The lowest BCUT2D eigenvalue weighted by Gasteiger charge is -2.40. The van der Waals surface area contributed by atoms with Crippen LogP contribution in [-0.2, 0) is 23.1 Å². The summed E-state index contributed by atoms with van der Waals surface area (Å²) in [6, 6.07) is 10.2. The van der Waals surface area contributed by atoms with Gasteiger partial charge in [0.25, 0.3) is 0 Å². The second kappa shape index (κ2) is 9.00. The van der Waals surface area contributed by atoms with Gasteiger partial charge in [-0.2, -0.15) is 5.10 Å². The Bertz CT molecular complexity index is 769. The number of benzene rings is 1. The summed E-state index contributed by atoms with van der Waals surface area (Å²) in [5.41, 5.74) is 1.86. The standard InChI is InChI=1S/C22H29N3O2/c1-3-27-21(26)22(12-7-11-19-9-5-4-6-10-19)13-8-14-25(18-22)17-20-15-23-24(2)16-20/h4-7,9-11,15-16H,3,8,12-14,17-18H2,1-2H3/b11-7+/t22-/m0/s1. The molecule has 1 saturated heterocycles. The lowest BCUT2D eigenvalue weighted by atomic mass is 9.76. The van der Waals surface area contributed by atoms with Crippen LogP contribution in [0.15, 0.2) is 48.8 Å². The highest BCUT2D eigenvalue weighted by molar-refractivity contribution is 5.77.